The van der Waals surface area contributed by atoms with Gasteiger partial charge in [-0.3, -0.25) is 15.3 Å². The molecule has 4 heteroatoms. The lowest BCUT2D eigenvalue weighted by Crippen LogP contribution is -2.32. The molecule has 0 bridgehead atoms. The average Bonchev–Trinajstić information content (AvgIpc) is 3.21. The van der Waals surface area contributed by atoms with Gasteiger partial charge in [-0.25, -0.2) is 0 Å². The molecule has 1 aliphatic rings. The van der Waals surface area contributed by atoms with Gasteiger partial charge < -0.3 is 0 Å². The normalized spacial score (nSPS) is 18.0. The fourth-order valence-electron chi connectivity index (χ4n) is 2.49. The second-order valence-electron chi connectivity index (χ2n) is 5.06. The lowest BCUT2D eigenvalue weighted by atomic mass is 10.0. The molecule has 0 unspecified atom stereocenters. The van der Waals surface area contributed by atoms with Crippen LogP contribution in [0.25, 0.3) is 0 Å². The molecule has 3 nitrogen and oxygen atoms in total. The van der Waals surface area contributed by atoms with Crippen LogP contribution in [0.3, 0.4) is 0 Å². The maximum absolute atomic E-state index is 4.37. The third-order valence-corrected chi connectivity index (χ3v) is 4.35. The van der Waals surface area contributed by atoms with Crippen molar-refractivity contribution in [2.75, 3.05) is 0 Å². The van der Waals surface area contributed by atoms with Crippen molar-refractivity contribution in [2.24, 2.45) is 0 Å². The highest BCUT2D eigenvalue weighted by molar-refractivity contribution is 9.10. The summed E-state index contributed by atoms with van der Waals surface area (Å²) in [6.07, 6.45) is 7.61. The topological polar surface area (TPSA) is 37.8 Å². The molecule has 1 saturated carbocycles. The van der Waals surface area contributed by atoms with E-state index >= 15 is 0 Å². The van der Waals surface area contributed by atoms with E-state index in [1.165, 1.54) is 22.9 Å². The molecule has 1 aromatic carbocycles. The van der Waals surface area contributed by atoms with Crippen LogP contribution in [0.2, 0.25) is 0 Å². The number of nitrogens with zero attached hydrogens (tertiary/aromatic N) is 2. The van der Waals surface area contributed by atoms with Gasteiger partial charge in [0.2, 0.25) is 0 Å². The van der Waals surface area contributed by atoms with Crippen molar-refractivity contribution in [1.82, 2.24) is 15.3 Å². The minimum Gasteiger partial charge on any atom is -0.299 e. The molecule has 1 aliphatic carbocycles. The minimum absolute atomic E-state index is 0.0943. The summed E-state index contributed by atoms with van der Waals surface area (Å²) in [7, 11) is 0. The summed E-state index contributed by atoms with van der Waals surface area (Å²) in [5.74, 6) is 0. The lowest BCUT2D eigenvalue weighted by Gasteiger charge is -2.23. The standard InChI is InChI=1S/C15H16BrN3/c1-11(14-10-17-8-9-18-14)19-15(6-7-15)12-4-2-3-5-13(12)16/h2-5,8-11,19H,6-7H2,1H3/t11-/m0/s1. The van der Waals surface area contributed by atoms with Crippen LogP contribution in [0, 0.1) is 0 Å². The summed E-state index contributed by atoms with van der Waals surface area (Å²) in [4.78, 5) is 8.50. The zero-order valence-corrected chi connectivity index (χ0v) is 12.4. The Labute approximate surface area is 121 Å². The van der Waals surface area contributed by atoms with Crippen LogP contribution in [0.15, 0.2) is 47.3 Å². The molecule has 1 heterocycles. The van der Waals surface area contributed by atoms with Crippen molar-refractivity contribution >= 4 is 15.9 Å². The molecule has 0 amide bonds. The maximum Gasteiger partial charge on any atom is 0.0753 e. The summed E-state index contributed by atoms with van der Waals surface area (Å²) in [5.41, 5.74) is 2.42. The molecule has 1 fully saturated rings. The van der Waals surface area contributed by atoms with E-state index in [1.54, 1.807) is 12.4 Å². The molecule has 1 atom stereocenters. The third-order valence-electron chi connectivity index (χ3n) is 3.66. The van der Waals surface area contributed by atoms with Crippen LogP contribution in [-0.2, 0) is 5.54 Å². The predicted molar refractivity (Wildman–Crippen MR) is 78.6 cm³/mol. The van der Waals surface area contributed by atoms with Gasteiger partial charge >= 0.3 is 0 Å². The van der Waals surface area contributed by atoms with Crippen molar-refractivity contribution in [1.29, 1.82) is 0 Å². The van der Waals surface area contributed by atoms with Gasteiger partial charge in [0.15, 0.2) is 0 Å². The highest BCUT2D eigenvalue weighted by atomic mass is 79.9. The highest BCUT2D eigenvalue weighted by Gasteiger charge is 2.46. The Morgan fingerprint density at radius 2 is 2.05 bits per heavy atom. The summed E-state index contributed by atoms with van der Waals surface area (Å²) in [5, 5.41) is 3.71. The molecule has 19 heavy (non-hydrogen) atoms. The van der Waals surface area contributed by atoms with Crippen molar-refractivity contribution in [3.05, 3.63) is 58.6 Å². The van der Waals surface area contributed by atoms with E-state index in [2.05, 4.69) is 62.4 Å². The Hall–Kier alpha value is -1.26. The highest BCUT2D eigenvalue weighted by Crippen LogP contribution is 2.49. The van der Waals surface area contributed by atoms with Crippen LogP contribution in [-0.4, -0.2) is 9.97 Å². The Morgan fingerprint density at radius 3 is 2.68 bits per heavy atom. The Balaban J connectivity index is 1.82. The van der Waals surface area contributed by atoms with Crippen molar-refractivity contribution < 1.29 is 0 Å². The molecule has 0 radical (unpaired) electrons. The molecule has 1 aromatic heterocycles. The second-order valence-corrected chi connectivity index (χ2v) is 5.91. The van der Waals surface area contributed by atoms with Gasteiger partial charge in [-0.05, 0) is 31.4 Å². The molecule has 98 valence electrons. The summed E-state index contributed by atoms with van der Waals surface area (Å²) < 4.78 is 1.17. The first-order valence-electron chi connectivity index (χ1n) is 6.50. The molecular weight excluding hydrogens is 302 g/mol. The van der Waals surface area contributed by atoms with Gasteiger partial charge in [0, 0.05) is 34.6 Å². The lowest BCUT2D eigenvalue weighted by molar-refractivity contribution is 0.442. The van der Waals surface area contributed by atoms with Crippen LogP contribution in [0.1, 0.15) is 37.1 Å². The minimum atomic E-state index is 0.0943. The first-order chi connectivity index (χ1) is 9.21. The zero-order valence-electron chi connectivity index (χ0n) is 10.8. The summed E-state index contributed by atoms with van der Waals surface area (Å²) in [6.45, 7) is 2.14. The van der Waals surface area contributed by atoms with Crippen molar-refractivity contribution in [3.8, 4) is 0 Å². The fourth-order valence-corrected chi connectivity index (χ4v) is 3.15. The second kappa shape index (κ2) is 5.02. The van der Waals surface area contributed by atoms with E-state index in [4.69, 9.17) is 0 Å². The number of halogens is 1. The largest absolute Gasteiger partial charge is 0.299 e. The average molecular weight is 318 g/mol. The first-order valence-corrected chi connectivity index (χ1v) is 7.29. The number of nitrogens with one attached hydrogen (secondary N) is 1. The molecule has 0 saturated heterocycles. The van der Waals surface area contributed by atoms with Gasteiger partial charge in [-0.1, -0.05) is 34.1 Å². The van der Waals surface area contributed by atoms with Gasteiger partial charge in [0.25, 0.3) is 0 Å². The molecule has 3 rings (SSSR count). The maximum atomic E-state index is 4.37. The smallest absolute Gasteiger partial charge is 0.0753 e. The molecule has 1 N–H and O–H groups in total. The number of rotatable bonds is 4. The first kappa shape index (κ1) is 12.8. The SMILES string of the molecule is C[C@H](NC1(c2ccccc2Br)CC1)c1cnccn1. The van der Waals surface area contributed by atoms with E-state index in [0.29, 0.717) is 0 Å². The fraction of sp³-hybridized carbons (Fsp3) is 0.333. The number of benzene rings is 1. The Kier molecular flexibility index (Phi) is 3.37. The molecule has 2 aromatic rings. The van der Waals surface area contributed by atoms with Gasteiger partial charge in [0.05, 0.1) is 5.69 Å². The Bertz CT molecular complexity index is 567. The van der Waals surface area contributed by atoms with Crippen molar-refractivity contribution in [3.63, 3.8) is 0 Å². The van der Waals surface area contributed by atoms with E-state index in [-0.39, 0.29) is 11.6 Å². The van der Waals surface area contributed by atoms with E-state index in [9.17, 15) is 0 Å². The van der Waals surface area contributed by atoms with Gasteiger partial charge in [0.1, 0.15) is 0 Å². The van der Waals surface area contributed by atoms with E-state index in [0.717, 1.165) is 5.69 Å². The predicted octanol–water partition coefficient (Wildman–Crippen LogP) is 3.58. The number of hydrogen-bond donors (Lipinski definition) is 1. The van der Waals surface area contributed by atoms with Gasteiger partial charge in [-0.15, -0.1) is 0 Å². The number of hydrogen-bond acceptors (Lipinski definition) is 3. The number of aromatic nitrogens is 2. The molecular formula is C15H16BrN3. The molecule has 0 aliphatic heterocycles. The van der Waals surface area contributed by atoms with Crippen LogP contribution in [0.5, 0.6) is 0 Å². The quantitative estimate of drug-likeness (QED) is 0.936. The molecule has 0 spiro atoms. The monoisotopic (exact) mass is 317 g/mol. The van der Waals surface area contributed by atoms with Crippen LogP contribution in [0.4, 0.5) is 0 Å². The van der Waals surface area contributed by atoms with Gasteiger partial charge in [-0.2, -0.15) is 0 Å². The van der Waals surface area contributed by atoms with Crippen LogP contribution < -0.4 is 5.32 Å². The third kappa shape index (κ3) is 2.55. The zero-order chi connectivity index (χ0) is 13.3. The summed E-state index contributed by atoms with van der Waals surface area (Å²) in [6, 6.07) is 8.63. The summed E-state index contributed by atoms with van der Waals surface area (Å²) >= 11 is 3.65. The Morgan fingerprint density at radius 1 is 1.26 bits per heavy atom. The van der Waals surface area contributed by atoms with Crippen molar-refractivity contribution in [2.45, 2.75) is 31.3 Å². The van der Waals surface area contributed by atoms with E-state index < -0.39 is 0 Å². The van der Waals surface area contributed by atoms with E-state index in [1.807, 2.05) is 6.20 Å². The van der Waals surface area contributed by atoms with Crippen LogP contribution >= 0.6 is 15.9 Å².